The molecule has 20 heavy (non-hydrogen) atoms. The first-order valence-corrected chi connectivity index (χ1v) is 6.59. The second kappa shape index (κ2) is 6.24. The van der Waals surface area contributed by atoms with Gasteiger partial charge >= 0.3 is 5.97 Å². The molecule has 0 radical (unpaired) electrons. The predicted molar refractivity (Wildman–Crippen MR) is 81.4 cm³/mol. The number of para-hydroxylation sites is 2. The van der Waals surface area contributed by atoms with E-state index in [0.717, 1.165) is 16.9 Å². The number of carbonyl (C=O) groups excluding carboxylic acids is 1. The molecule has 0 aliphatic heterocycles. The average molecular weight is 269 g/mol. The third-order valence-electron chi connectivity index (χ3n) is 3.32. The third-order valence-corrected chi connectivity index (χ3v) is 3.32. The van der Waals surface area contributed by atoms with Crippen LogP contribution in [0.2, 0.25) is 0 Å². The van der Waals surface area contributed by atoms with Gasteiger partial charge in [-0.3, -0.25) is 4.79 Å². The summed E-state index contributed by atoms with van der Waals surface area (Å²) in [6.45, 7) is 4.14. The van der Waals surface area contributed by atoms with Crippen molar-refractivity contribution in [2.24, 2.45) is 0 Å². The fourth-order valence-electron chi connectivity index (χ4n) is 2.17. The van der Waals surface area contributed by atoms with Gasteiger partial charge in [-0.1, -0.05) is 36.4 Å². The van der Waals surface area contributed by atoms with Crippen LogP contribution in [0.5, 0.6) is 0 Å². The van der Waals surface area contributed by atoms with E-state index in [1.807, 2.05) is 30.3 Å². The molecule has 0 unspecified atom stereocenters. The van der Waals surface area contributed by atoms with E-state index < -0.39 is 0 Å². The summed E-state index contributed by atoms with van der Waals surface area (Å²) in [6, 6.07) is 14.0. The normalized spacial score (nSPS) is 10.2. The fourth-order valence-corrected chi connectivity index (χ4v) is 2.17. The zero-order valence-electron chi connectivity index (χ0n) is 12.1. The summed E-state index contributed by atoms with van der Waals surface area (Å²) < 4.78 is 4.74. The topological polar surface area (TPSA) is 38.3 Å². The van der Waals surface area contributed by atoms with E-state index in [4.69, 9.17) is 4.74 Å². The second-order valence-electron chi connectivity index (χ2n) is 4.80. The van der Waals surface area contributed by atoms with Crippen molar-refractivity contribution >= 4 is 17.3 Å². The summed E-state index contributed by atoms with van der Waals surface area (Å²) in [6.07, 6.45) is 0.268. The highest BCUT2D eigenvalue weighted by molar-refractivity contribution is 5.77. The minimum Gasteiger partial charge on any atom is -0.469 e. The van der Waals surface area contributed by atoms with Crippen LogP contribution in [-0.4, -0.2) is 13.1 Å². The molecule has 0 aliphatic carbocycles. The number of nitrogens with one attached hydrogen (secondary N) is 1. The molecular formula is C17H19NO2. The van der Waals surface area contributed by atoms with Gasteiger partial charge < -0.3 is 10.1 Å². The van der Waals surface area contributed by atoms with Gasteiger partial charge in [0.1, 0.15) is 0 Å². The van der Waals surface area contributed by atoms with Gasteiger partial charge in [0, 0.05) is 11.4 Å². The van der Waals surface area contributed by atoms with Gasteiger partial charge in [-0.2, -0.15) is 0 Å². The quantitative estimate of drug-likeness (QED) is 0.859. The molecule has 3 heteroatoms. The summed E-state index contributed by atoms with van der Waals surface area (Å²) in [5.74, 6) is -0.235. The van der Waals surface area contributed by atoms with E-state index in [-0.39, 0.29) is 12.4 Å². The van der Waals surface area contributed by atoms with Crippen LogP contribution in [0.1, 0.15) is 16.7 Å². The zero-order chi connectivity index (χ0) is 14.5. The number of methoxy groups -OCH3 is 1. The Hall–Kier alpha value is -2.29. The molecule has 1 N–H and O–H groups in total. The molecule has 0 atom stereocenters. The number of hydrogen-bond donors (Lipinski definition) is 1. The molecule has 0 heterocycles. The Morgan fingerprint density at radius 3 is 2.35 bits per heavy atom. The van der Waals surface area contributed by atoms with Gasteiger partial charge in [0.2, 0.25) is 0 Å². The van der Waals surface area contributed by atoms with Crippen molar-refractivity contribution in [1.29, 1.82) is 0 Å². The molecule has 2 rings (SSSR count). The van der Waals surface area contributed by atoms with E-state index in [0.29, 0.717) is 0 Å². The first-order chi connectivity index (χ1) is 9.61. The van der Waals surface area contributed by atoms with Gasteiger partial charge in [-0.15, -0.1) is 0 Å². The summed E-state index contributed by atoms with van der Waals surface area (Å²) in [5.41, 5.74) is 5.32. The fraction of sp³-hybridized carbons (Fsp3) is 0.235. The van der Waals surface area contributed by atoms with E-state index in [2.05, 4.69) is 31.3 Å². The lowest BCUT2D eigenvalue weighted by Crippen LogP contribution is -2.07. The highest BCUT2D eigenvalue weighted by Gasteiger charge is 2.09. The SMILES string of the molecule is COC(=O)Cc1ccccc1Nc1c(C)cccc1C. The molecule has 0 bridgehead atoms. The summed E-state index contributed by atoms with van der Waals surface area (Å²) >= 11 is 0. The summed E-state index contributed by atoms with van der Waals surface area (Å²) in [4.78, 5) is 11.5. The molecule has 2 aromatic carbocycles. The van der Waals surface area contributed by atoms with Crippen molar-refractivity contribution in [2.45, 2.75) is 20.3 Å². The molecule has 0 aromatic heterocycles. The molecule has 0 saturated heterocycles. The monoisotopic (exact) mass is 269 g/mol. The van der Waals surface area contributed by atoms with Crippen LogP contribution in [0.3, 0.4) is 0 Å². The van der Waals surface area contributed by atoms with Crippen molar-refractivity contribution in [3.8, 4) is 0 Å². The van der Waals surface area contributed by atoms with Crippen molar-refractivity contribution in [1.82, 2.24) is 0 Å². The van der Waals surface area contributed by atoms with Crippen LogP contribution in [0.15, 0.2) is 42.5 Å². The number of hydrogen-bond acceptors (Lipinski definition) is 3. The molecule has 0 fully saturated rings. The molecule has 0 aliphatic rings. The number of anilines is 2. The van der Waals surface area contributed by atoms with Crippen molar-refractivity contribution in [2.75, 3.05) is 12.4 Å². The molecule has 3 nitrogen and oxygen atoms in total. The van der Waals surface area contributed by atoms with Crippen molar-refractivity contribution in [3.63, 3.8) is 0 Å². The van der Waals surface area contributed by atoms with Crippen LogP contribution >= 0.6 is 0 Å². The molecule has 2 aromatic rings. The lowest BCUT2D eigenvalue weighted by Gasteiger charge is -2.15. The maximum absolute atomic E-state index is 11.5. The number of esters is 1. The van der Waals surface area contributed by atoms with E-state index in [9.17, 15) is 4.79 Å². The molecule has 0 amide bonds. The zero-order valence-corrected chi connectivity index (χ0v) is 12.1. The highest BCUT2D eigenvalue weighted by atomic mass is 16.5. The van der Waals surface area contributed by atoms with Gasteiger partial charge in [-0.05, 0) is 36.6 Å². The van der Waals surface area contributed by atoms with Gasteiger partial charge in [0.05, 0.1) is 13.5 Å². The Morgan fingerprint density at radius 1 is 1.05 bits per heavy atom. The second-order valence-corrected chi connectivity index (χ2v) is 4.80. The standard InChI is InChI=1S/C17H19NO2/c1-12-7-6-8-13(2)17(12)18-15-10-5-4-9-14(15)11-16(19)20-3/h4-10,18H,11H2,1-3H3. The predicted octanol–water partition coefficient (Wildman–Crippen LogP) is 3.76. The molecule has 0 saturated carbocycles. The van der Waals surface area contributed by atoms with Gasteiger partial charge in [0.25, 0.3) is 0 Å². The lowest BCUT2D eigenvalue weighted by atomic mass is 10.1. The van der Waals surface area contributed by atoms with Crippen LogP contribution in [0.25, 0.3) is 0 Å². The van der Waals surface area contributed by atoms with Crippen LogP contribution in [0, 0.1) is 13.8 Å². The number of rotatable bonds is 4. The molecule has 104 valence electrons. The molecular weight excluding hydrogens is 250 g/mol. The van der Waals surface area contributed by atoms with Crippen molar-refractivity contribution < 1.29 is 9.53 Å². The Morgan fingerprint density at radius 2 is 1.70 bits per heavy atom. The number of carbonyl (C=O) groups is 1. The van der Waals surface area contributed by atoms with Crippen LogP contribution in [-0.2, 0) is 16.0 Å². The largest absolute Gasteiger partial charge is 0.469 e. The van der Waals surface area contributed by atoms with Crippen LogP contribution < -0.4 is 5.32 Å². The highest BCUT2D eigenvalue weighted by Crippen LogP contribution is 2.26. The number of ether oxygens (including phenoxy) is 1. The maximum atomic E-state index is 11.5. The van der Waals surface area contributed by atoms with Gasteiger partial charge in [0.15, 0.2) is 0 Å². The van der Waals surface area contributed by atoms with E-state index >= 15 is 0 Å². The van der Waals surface area contributed by atoms with Crippen molar-refractivity contribution in [3.05, 3.63) is 59.2 Å². The van der Waals surface area contributed by atoms with E-state index in [1.165, 1.54) is 18.2 Å². The Balaban J connectivity index is 2.32. The lowest BCUT2D eigenvalue weighted by molar-refractivity contribution is -0.139. The minimum atomic E-state index is -0.235. The summed E-state index contributed by atoms with van der Waals surface area (Å²) in [7, 11) is 1.41. The Bertz CT molecular complexity index is 600. The Labute approximate surface area is 119 Å². The number of benzene rings is 2. The maximum Gasteiger partial charge on any atom is 0.310 e. The third kappa shape index (κ3) is 3.18. The first-order valence-electron chi connectivity index (χ1n) is 6.59. The average Bonchev–Trinajstić information content (AvgIpc) is 2.44. The first kappa shape index (κ1) is 14.1. The summed E-state index contributed by atoms with van der Waals surface area (Å²) in [5, 5.41) is 3.43. The van der Waals surface area contributed by atoms with Crippen LogP contribution in [0.4, 0.5) is 11.4 Å². The molecule has 0 spiro atoms. The smallest absolute Gasteiger partial charge is 0.310 e. The van der Waals surface area contributed by atoms with Gasteiger partial charge in [-0.25, -0.2) is 0 Å². The van der Waals surface area contributed by atoms with E-state index in [1.54, 1.807) is 0 Å². The Kier molecular flexibility index (Phi) is 4.41. The minimum absolute atomic E-state index is 0.235. The number of aryl methyl sites for hydroxylation is 2.